The van der Waals surface area contributed by atoms with Gasteiger partial charge in [0.2, 0.25) is 11.8 Å². The quantitative estimate of drug-likeness (QED) is 0.468. The number of nitrogens with one attached hydrogen (secondary N) is 2. The average molecular weight is 542 g/mol. The minimum Gasteiger partial charge on any atom is -0.353 e. The Morgan fingerprint density at radius 1 is 0.897 bits per heavy atom. The molecule has 2 N–H and O–H groups in total. The van der Waals surface area contributed by atoms with E-state index in [0.29, 0.717) is 49.5 Å². The zero-order valence-electron chi connectivity index (χ0n) is 21.8. The first-order valence-electron chi connectivity index (χ1n) is 13.8. The number of hydrogen-bond donors (Lipinski definition) is 2. The molecule has 0 bridgehead atoms. The summed E-state index contributed by atoms with van der Waals surface area (Å²) in [5, 5.41) is 6.07. The second-order valence-electron chi connectivity index (χ2n) is 11.1. The Balaban J connectivity index is 1.10. The zero-order valence-corrected chi connectivity index (χ0v) is 21.8. The third-order valence-electron chi connectivity index (χ3n) is 8.23. The summed E-state index contributed by atoms with van der Waals surface area (Å²) >= 11 is 0. The number of aryl methyl sites for hydroxylation is 1. The highest BCUT2D eigenvalue weighted by Crippen LogP contribution is 2.37. The normalized spacial score (nSPS) is 22.7. The molecule has 5 rings (SSSR count). The second-order valence-corrected chi connectivity index (χ2v) is 11.1. The molecule has 39 heavy (non-hydrogen) atoms. The van der Waals surface area contributed by atoms with Crippen molar-refractivity contribution in [2.75, 3.05) is 18.4 Å². The van der Waals surface area contributed by atoms with Crippen molar-refractivity contribution in [1.82, 2.24) is 10.2 Å². The average Bonchev–Trinajstić information content (AvgIpc) is 3.67. The lowest BCUT2D eigenvalue weighted by atomic mass is 9.78. The summed E-state index contributed by atoms with van der Waals surface area (Å²) in [6.45, 7) is 1.27. The maximum absolute atomic E-state index is 13.2. The molecular formula is C30H34F3N3O3. The van der Waals surface area contributed by atoms with Crippen molar-refractivity contribution >= 4 is 23.4 Å². The molecule has 0 radical (unpaired) electrons. The van der Waals surface area contributed by atoms with Crippen LogP contribution in [-0.2, 0) is 22.2 Å². The van der Waals surface area contributed by atoms with Gasteiger partial charge in [0.1, 0.15) is 0 Å². The molecule has 3 atom stereocenters. The van der Waals surface area contributed by atoms with Crippen LogP contribution < -0.4 is 10.6 Å². The smallest absolute Gasteiger partial charge is 0.353 e. The third-order valence-corrected chi connectivity index (χ3v) is 8.23. The molecule has 1 saturated heterocycles. The minimum atomic E-state index is -4.35. The highest BCUT2D eigenvalue weighted by atomic mass is 19.4. The third kappa shape index (κ3) is 6.81. The number of amides is 3. The zero-order chi connectivity index (χ0) is 27.6. The van der Waals surface area contributed by atoms with Crippen LogP contribution in [0.1, 0.15) is 66.4 Å². The highest BCUT2D eigenvalue weighted by molar-refractivity contribution is 5.97. The predicted molar refractivity (Wildman–Crippen MR) is 141 cm³/mol. The van der Waals surface area contributed by atoms with Crippen molar-refractivity contribution in [3.8, 4) is 0 Å². The van der Waals surface area contributed by atoms with E-state index in [-0.39, 0.29) is 35.6 Å². The maximum atomic E-state index is 13.2. The Kier molecular flexibility index (Phi) is 7.96. The molecular weight excluding hydrogens is 507 g/mol. The summed E-state index contributed by atoms with van der Waals surface area (Å²) in [4.78, 5) is 39.8. The van der Waals surface area contributed by atoms with Gasteiger partial charge in [0, 0.05) is 48.6 Å². The summed E-state index contributed by atoms with van der Waals surface area (Å²) in [6, 6.07) is 12.1. The molecule has 0 aromatic heterocycles. The van der Waals surface area contributed by atoms with Gasteiger partial charge in [0.05, 0.1) is 5.56 Å². The molecule has 1 heterocycles. The lowest BCUT2D eigenvalue weighted by Gasteiger charge is -2.33. The van der Waals surface area contributed by atoms with Crippen LogP contribution in [0.25, 0.3) is 0 Å². The number of anilines is 1. The van der Waals surface area contributed by atoms with Gasteiger partial charge < -0.3 is 15.5 Å². The molecule has 2 aromatic rings. The van der Waals surface area contributed by atoms with Gasteiger partial charge in [-0.05, 0) is 86.4 Å². The Morgan fingerprint density at radius 3 is 2.28 bits per heavy atom. The van der Waals surface area contributed by atoms with E-state index in [9.17, 15) is 27.6 Å². The number of alkyl halides is 3. The fourth-order valence-electron chi connectivity index (χ4n) is 5.88. The first-order valence-corrected chi connectivity index (χ1v) is 13.8. The van der Waals surface area contributed by atoms with Crippen molar-refractivity contribution in [3.63, 3.8) is 0 Å². The molecule has 6 nitrogen and oxygen atoms in total. The molecule has 3 amide bonds. The molecule has 1 aliphatic heterocycles. The summed E-state index contributed by atoms with van der Waals surface area (Å²) in [5.74, 6) is 0.611. The van der Waals surface area contributed by atoms with Crippen LogP contribution in [0.3, 0.4) is 0 Å². The number of likely N-dealkylation sites (tertiary alicyclic amines) is 1. The van der Waals surface area contributed by atoms with Crippen LogP contribution in [0, 0.1) is 17.8 Å². The van der Waals surface area contributed by atoms with Gasteiger partial charge in [-0.15, -0.1) is 0 Å². The van der Waals surface area contributed by atoms with Crippen molar-refractivity contribution in [1.29, 1.82) is 0 Å². The van der Waals surface area contributed by atoms with Gasteiger partial charge >= 0.3 is 6.18 Å². The van der Waals surface area contributed by atoms with E-state index in [1.807, 2.05) is 4.90 Å². The molecule has 2 saturated carbocycles. The van der Waals surface area contributed by atoms with Gasteiger partial charge in [0.25, 0.3) is 5.91 Å². The van der Waals surface area contributed by atoms with Crippen molar-refractivity contribution < 1.29 is 27.6 Å². The Bertz CT molecular complexity index is 1190. The molecule has 0 unspecified atom stereocenters. The van der Waals surface area contributed by atoms with E-state index in [0.717, 1.165) is 49.8 Å². The van der Waals surface area contributed by atoms with Gasteiger partial charge in [-0.3, -0.25) is 14.4 Å². The van der Waals surface area contributed by atoms with Crippen LogP contribution >= 0.6 is 0 Å². The van der Waals surface area contributed by atoms with E-state index in [2.05, 4.69) is 10.6 Å². The molecule has 0 spiro atoms. The Morgan fingerprint density at radius 2 is 1.62 bits per heavy atom. The number of rotatable bonds is 8. The standard InChI is InChI=1S/C30H34F3N3O3/c31-30(32,33)23-13-7-19(8-14-23)3-1-6-27(37)35-26-5-2-4-22-17-36(18-25(22)26)29(39)21-11-15-24(16-12-21)34-28(38)20-9-10-20/h7-8,11-16,20,22,25-26H,1-6,9-10,17-18H2,(H,34,38)(H,35,37)/t22-,25-,26+/m1/s1. The van der Waals surface area contributed by atoms with E-state index in [1.54, 1.807) is 24.3 Å². The van der Waals surface area contributed by atoms with Crippen LogP contribution in [-0.4, -0.2) is 41.8 Å². The Labute approximate surface area is 226 Å². The largest absolute Gasteiger partial charge is 0.416 e. The van der Waals surface area contributed by atoms with Crippen molar-refractivity contribution in [2.24, 2.45) is 17.8 Å². The minimum absolute atomic E-state index is 0.0140. The monoisotopic (exact) mass is 541 g/mol. The number of fused-ring (bicyclic) bond motifs is 1. The molecule has 3 fully saturated rings. The fraction of sp³-hybridized carbons (Fsp3) is 0.500. The number of carbonyl (C=O) groups is 3. The van der Waals surface area contributed by atoms with E-state index >= 15 is 0 Å². The first-order chi connectivity index (χ1) is 18.7. The molecule has 9 heteroatoms. The molecule has 2 aromatic carbocycles. The summed E-state index contributed by atoms with van der Waals surface area (Å²) < 4.78 is 38.2. The topological polar surface area (TPSA) is 78.5 Å². The van der Waals surface area contributed by atoms with E-state index < -0.39 is 11.7 Å². The first kappa shape index (κ1) is 27.2. The van der Waals surface area contributed by atoms with Gasteiger partial charge in [0.15, 0.2) is 0 Å². The number of carbonyl (C=O) groups excluding carboxylic acids is 3. The molecule has 2 aliphatic carbocycles. The number of nitrogens with zero attached hydrogens (tertiary/aromatic N) is 1. The highest BCUT2D eigenvalue weighted by Gasteiger charge is 2.42. The van der Waals surface area contributed by atoms with Gasteiger partial charge in [-0.1, -0.05) is 18.6 Å². The maximum Gasteiger partial charge on any atom is 0.416 e. The van der Waals surface area contributed by atoms with Crippen LogP contribution in [0.2, 0.25) is 0 Å². The molecule has 3 aliphatic rings. The second kappa shape index (κ2) is 11.4. The van der Waals surface area contributed by atoms with Crippen molar-refractivity contribution in [3.05, 3.63) is 65.2 Å². The lowest BCUT2D eigenvalue weighted by molar-refractivity contribution is -0.137. The number of hydrogen-bond acceptors (Lipinski definition) is 3. The number of halogens is 3. The van der Waals surface area contributed by atoms with Crippen LogP contribution in [0.4, 0.5) is 18.9 Å². The fourth-order valence-corrected chi connectivity index (χ4v) is 5.88. The van der Waals surface area contributed by atoms with E-state index in [4.69, 9.17) is 0 Å². The van der Waals surface area contributed by atoms with Gasteiger partial charge in [-0.2, -0.15) is 13.2 Å². The summed E-state index contributed by atoms with van der Waals surface area (Å²) in [5.41, 5.74) is 1.38. The summed E-state index contributed by atoms with van der Waals surface area (Å²) in [7, 11) is 0. The predicted octanol–water partition coefficient (Wildman–Crippen LogP) is 5.43. The Hall–Kier alpha value is -3.36. The summed E-state index contributed by atoms with van der Waals surface area (Å²) in [6.07, 6.45) is 1.82. The van der Waals surface area contributed by atoms with Gasteiger partial charge in [-0.25, -0.2) is 0 Å². The van der Waals surface area contributed by atoms with E-state index in [1.165, 1.54) is 12.1 Å². The van der Waals surface area contributed by atoms with Crippen LogP contribution in [0.5, 0.6) is 0 Å². The lowest BCUT2D eigenvalue weighted by Crippen LogP contribution is -2.45. The SMILES string of the molecule is O=C(CCCc1ccc(C(F)(F)F)cc1)N[C@H]1CCC[C@@H]2CN(C(=O)c3ccc(NC(=O)C4CC4)cc3)C[C@H]21. The van der Waals surface area contributed by atoms with Crippen molar-refractivity contribution in [2.45, 2.75) is 63.6 Å². The number of benzene rings is 2. The van der Waals surface area contributed by atoms with Crippen LogP contribution in [0.15, 0.2) is 48.5 Å². The molecule has 208 valence electrons.